The van der Waals surface area contributed by atoms with E-state index in [1.54, 1.807) is 11.8 Å². The molecule has 14 nitrogen and oxygen atoms in total. The summed E-state index contributed by atoms with van der Waals surface area (Å²) in [4.78, 5) is 9.27. The zero-order chi connectivity index (χ0) is 33.6. The number of benzene rings is 1. The van der Waals surface area contributed by atoms with E-state index in [9.17, 15) is 16.8 Å². The number of sulfonamides is 2. The molecule has 250 valence electrons. The lowest BCUT2D eigenvalue weighted by Crippen LogP contribution is -3.11. The molecule has 16 heteroatoms. The van der Waals surface area contributed by atoms with Gasteiger partial charge in [-0.2, -0.15) is 5.11 Å². The number of aryl methyl sites for hydroxylation is 1. The Balaban J connectivity index is 0.000000900. The summed E-state index contributed by atoms with van der Waals surface area (Å²) in [5, 5.41) is 22.1. The molecule has 3 rings (SSSR count). The Bertz CT molecular complexity index is 1650. The molecule has 0 bridgehead atoms. The van der Waals surface area contributed by atoms with Gasteiger partial charge in [0.15, 0.2) is 5.69 Å². The van der Waals surface area contributed by atoms with E-state index in [1.807, 2.05) is 6.92 Å². The number of fused-ring (bicyclic) bond motifs is 1. The number of hydrogen-bond acceptors (Lipinski definition) is 7. The van der Waals surface area contributed by atoms with Gasteiger partial charge in [-0.25, -0.2) is 31.5 Å². The summed E-state index contributed by atoms with van der Waals surface area (Å²) < 4.78 is 51.8. The van der Waals surface area contributed by atoms with Crippen LogP contribution in [0.3, 0.4) is 0 Å². The summed E-state index contributed by atoms with van der Waals surface area (Å²) in [5.41, 5.74) is 1.27. The standard InChI is InChI=1S/C23H32N9O4S2.C6H15N/c1-5-6-7-8-9-10-13-37(33,34)26-15-16(2)22-27-23-21(17(3)30-32(23)31-22)29-28-19-12-11-18(38(24,35)36)14-20(19)25-4;1-4-7(5-2)6-3/h11-12,14,16,26H,5-10,13,15H2,1-3H3,(H2-,24,27,31,35,36);4-6H2,1-3H3/q-1;/p+1. The van der Waals surface area contributed by atoms with Crippen molar-refractivity contribution in [3.8, 4) is 0 Å². The fraction of sp³-hybridized carbons (Fsp3) is 0.621. The molecule has 0 aliphatic heterocycles. The maximum atomic E-state index is 12.4. The van der Waals surface area contributed by atoms with Crippen LogP contribution in [0.25, 0.3) is 10.5 Å². The molecule has 4 N–H and O–H groups in total. The van der Waals surface area contributed by atoms with Crippen molar-refractivity contribution < 1.29 is 26.4 Å². The van der Waals surface area contributed by atoms with Gasteiger partial charge in [-0.3, -0.25) is 0 Å². The highest BCUT2D eigenvalue weighted by atomic mass is 32.2. The molecule has 1 unspecified atom stereocenters. The maximum Gasteiger partial charge on any atom is 0.325 e. The van der Waals surface area contributed by atoms with Crippen LogP contribution < -0.4 is 29.6 Å². The average Bonchev–Trinajstić information content (AvgIpc) is 3.54. The summed E-state index contributed by atoms with van der Waals surface area (Å²) in [7, 11) is -7.36. The van der Waals surface area contributed by atoms with Crippen LogP contribution in [0.5, 0.6) is 0 Å². The van der Waals surface area contributed by atoms with E-state index in [4.69, 9.17) is 11.7 Å². The summed E-state index contributed by atoms with van der Waals surface area (Å²) in [6.07, 6.45) is 6.01. The molecule has 0 spiro atoms. The molecule has 0 aliphatic rings. The first kappa shape index (κ1) is 38.0. The minimum atomic E-state index is -3.96. The van der Waals surface area contributed by atoms with Gasteiger partial charge in [0.25, 0.3) is 0 Å². The van der Waals surface area contributed by atoms with Gasteiger partial charge in [-0.05, 0) is 45.4 Å². The van der Waals surface area contributed by atoms with E-state index in [1.165, 1.54) is 42.8 Å². The molecule has 0 amide bonds. The molecule has 3 aromatic rings. The van der Waals surface area contributed by atoms with Crippen LogP contribution in [0.4, 0.5) is 17.1 Å². The number of primary sulfonamides is 1. The molecule has 0 fully saturated rings. The Hall–Kier alpha value is -3.23. The lowest BCUT2D eigenvalue weighted by molar-refractivity contribution is -0.894. The molecular formula is C29H48N10O4S2. The third kappa shape index (κ3) is 11.9. The number of aromatic nitrogens is 4. The number of nitrogens with one attached hydrogen (secondary N) is 2. The van der Waals surface area contributed by atoms with Gasteiger partial charge in [-0.1, -0.05) is 63.6 Å². The molecule has 0 saturated heterocycles. The highest BCUT2D eigenvalue weighted by molar-refractivity contribution is 7.89. The van der Waals surface area contributed by atoms with Crippen LogP contribution in [-0.4, -0.2) is 53.8 Å². The van der Waals surface area contributed by atoms with E-state index in [0.29, 0.717) is 29.3 Å². The summed E-state index contributed by atoms with van der Waals surface area (Å²) in [6.45, 7) is 23.6. The highest BCUT2D eigenvalue weighted by Crippen LogP contribution is 2.32. The number of azo groups is 1. The van der Waals surface area contributed by atoms with Crippen LogP contribution in [0, 0.1) is 13.5 Å². The van der Waals surface area contributed by atoms with Gasteiger partial charge in [-0.15, -0.1) is 5.11 Å². The second-order valence-corrected chi connectivity index (χ2v) is 14.4. The van der Waals surface area contributed by atoms with Crippen molar-refractivity contribution in [1.82, 2.24) is 19.9 Å². The molecule has 1 aromatic carbocycles. The van der Waals surface area contributed by atoms with Crippen LogP contribution in [-0.2, 0) is 20.0 Å². The number of nitrogens with zero attached hydrogens (tertiary/aromatic N) is 7. The first-order valence-electron chi connectivity index (χ1n) is 15.5. The number of quaternary nitrogens is 1. The predicted molar refractivity (Wildman–Crippen MR) is 173 cm³/mol. The minimum Gasteiger partial charge on any atom is -0.510 e. The van der Waals surface area contributed by atoms with Gasteiger partial charge < -0.3 is 19.7 Å². The topological polar surface area (TPSA) is 185 Å². The predicted octanol–water partition coefficient (Wildman–Crippen LogP) is 2.97. The first-order valence-corrected chi connectivity index (χ1v) is 18.7. The lowest BCUT2D eigenvalue weighted by atomic mass is 10.1. The minimum absolute atomic E-state index is 0.0301. The summed E-state index contributed by atoms with van der Waals surface area (Å²) in [5.74, 6) is 0.164. The molecule has 45 heavy (non-hydrogen) atoms. The van der Waals surface area contributed by atoms with Gasteiger partial charge in [0.2, 0.25) is 25.7 Å². The van der Waals surface area contributed by atoms with E-state index >= 15 is 0 Å². The Labute approximate surface area is 267 Å². The first-order chi connectivity index (χ1) is 21.3. The third-order valence-electron chi connectivity index (χ3n) is 7.38. The molecular weight excluding hydrogens is 617 g/mol. The SMILES string of the molecule is CC[NH+](CC)CC.[C-]#[N+]c1cc(S(N)(=O)=O)ccc1N=Nc1c(C)[n-][n+]2[n-]c(C(C)CNS(=O)(=O)CCCCCCCC)nc12. The van der Waals surface area contributed by atoms with E-state index in [0.717, 1.165) is 31.7 Å². The molecule has 0 aliphatic carbocycles. The second kappa shape index (κ2) is 18.1. The fourth-order valence-electron chi connectivity index (χ4n) is 4.41. The van der Waals surface area contributed by atoms with Gasteiger partial charge >= 0.3 is 5.65 Å². The summed E-state index contributed by atoms with van der Waals surface area (Å²) in [6, 6.07) is 3.72. The smallest absolute Gasteiger partial charge is 0.325 e. The average molecular weight is 665 g/mol. The number of rotatable bonds is 17. The maximum absolute atomic E-state index is 12.4. The largest absolute Gasteiger partial charge is 0.510 e. The monoisotopic (exact) mass is 664 g/mol. The molecule has 0 saturated carbocycles. The van der Waals surface area contributed by atoms with Crippen molar-refractivity contribution in [2.75, 3.05) is 31.9 Å². The Morgan fingerprint density at radius 1 is 1.02 bits per heavy atom. The molecule has 2 aromatic heterocycles. The van der Waals surface area contributed by atoms with Crippen LogP contribution in [0.15, 0.2) is 33.3 Å². The Morgan fingerprint density at radius 2 is 1.67 bits per heavy atom. The Kier molecular flexibility index (Phi) is 15.2. The zero-order valence-electron chi connectivity index (χ0n) is 27.2. The van der Waals surface area contributed by atoms with Crippen LogP contribution >= 0.6 is 0 Å². The highest BCUT2D eigenvalue weighted by Gasteiger charge is 2.18. The number of unbranched alkanes of at least 4 members (excludes halogenated alkanes) is 5. The quantitative estimate of drug-likeness (QED) is 0.0857. The third-order valence-corrected chi connectivity index (χ3v) is 9.72. The molecule has 2 heterocycles. The lowest BCUT2D eigenvalue weighted by Gasteiger charge is -2.12. The number of hydrogen-bond donors (Lipinski definition) is 3. The van der Waals surface area contributed by atoms with Gasteiger partial charge in [0, 0.05) is 12.5 Å². The molecule has 1 atom stereocenters. The van der Waals surface area contributed by atoms with Crippen molar-refractivity contribution in [3.63, 3.8) is 0 Å². The van der Waals surface area contributed by atoms with Gasteiger partial charge in [0.1, 0.15) is 0 Å². The van der Waals surface area contributed by atoms with Crippen LogP contribution in [0.2, 0.25) is 0 Å². The van der Waals surface area contributed by atoms with Gasteiger partial charge in [0.05, 0.1) is 48.4 Å². The van der Waals surface area contributed by atoms with E-state index in [-0.39, 0.29) is 34.5 Å². The Morgan fingerprint density at radius 3 is 2.24 bits per heavy atom. The van der Waals surface area contributed by atoms with Crippen molar-refractivity contribution in [1.29, 1.82) is 0 Å². The normalized spacial score (nSPS) is 12.9. The van der Waals surface area contributed by atoms with Crippen LogP contribution in [0.1, 0.15) is 90.6 Å². The number of nitrogens with two attached hydrogens (primary N) is 1. The summed E-state index contributed by atoms with van der Waals surface area (Å²) >= 11 is 0. The fourth-order valence-corrected chi connectivity index (χ4v) is 6.18. The van der Waals surface area contributed by atoms with Crippen molar-refractivity contribution >= 4 is 42.8 Å². The zero-order valence-corrected chi connectivity index (χ0v) is 28.9. The van der Waals surface area contributed by atoms with E-state index < -0.39 is 20.0 Å². The second-order valence-electron chi connectivity index (χ2n) is 10.9. The van der Waals surface area contributed by atoms with E-state index in [2.05, 4.69) is 62.7 Å². The van der Waals surface area contributed by atoms with Crippen molar-refractivity contribution in [3.05, 3.63) is 41.1 Å². The van der Waals surface area contributed by atoms with Crippen molar-refractivity contribution in [2.45, 2.75) is 90.9 Å². The molecule has 0 radical (unpaired) electrons. The van der Waals surface area contributed by atoms with Crippen molar-refractivity contribution in [2.24, 2.45) is 15.4 Å².